The number of nitrogens with zero attached hydrogens (tertiary/aromatic N) is 7. The molecule has 9 nitrogen and oxygen atoms in total. The Hall–Kier alpha value is -3.66. The summed E-state index contributed by atoms with van der Waals surface area (Å²) in [6, 6.07) is 4.30. The second-order valence-electron chi connectivity index (χ2n) is 5.70. The van der Waals surface area contributed by atoms with Crippen LogP contribution in [0.1, 0.15) is 16.1 Å². The number of aromatic nitrogens is 7. The van der Waals surface area contributed by atoms with E-state index in [2.05, 4.69) is 30.6 Å². The Bertz CT molecular complexity index is 1140. The molecule has 0 unspecified atom stereocenters. The summed E-state index contributed by atoms with van der Waals surface area (Å²) in [6.45, 7) is 1.73. The fraction of sp³-hybridized carbons (Fsp3) is 0.0588. The molecule has 0 saturated carbocycles. The summed E-state index contributed by atoms with van der Waals surface area (Å²) in [6.07, 6.45) is 7.22. The molecule has 0 aliphatic carbocycles. The van der Waals surface area contributed by atoms with Gasteiger partial charge in [0.15, 0.2) is 5.82 Å². The number of pyridine rings is 2. The van der Waals surface area contributed by atoms with Crippen molar-refractivity contribution in [2.45, 2.75) is 6.92 Å². The quantitative estimate of drug-likeness (QED) is 0.530. The van der Waals surface area contributed by atoms with E-state index in [1.807, 2.05) is 0 Å². The third kappa shape index (κ3) is 3.32. The first-order valence-electron chi connectivity index (χ1n) is 8.03. The van der Waals surface area contributed by atoms with Crippen LogP contribution in [0.2, 0.25) is 5.02 Å². The zero-order chi connectivity index (χ0) is 19.7. The molecular formula is C17H12ClFN8O. The molecular weight excluding hydrogens is 387 g/mol. The van der Waals surface area contributed by atoms with Gasteiger partial charge in [-0.1, -0.05) is 11.6 Å². The van der Waals surface area contributed by atoms with Gasteiger partial charge in [-0.3, -0.25) is 4.79 Å². The van der Waals surface area contributed by atoms with E-state index in [1.165, 1.54) is 52.6 Å². The molecule has 0 saturated heterocycles. The lowest BCUT2D eigenvalue weighted by molar-refractivity contribution is 0.102. The van der Waals surface area contributed by atoms with Crippen LogP contribution in [-0.4, -0.2) is 40.6 Å². The Kier molecular flexibility index (Phi) is 4.53. The highest BCUT2D eigenvalue weighted by atomic mass is 35.5. The second-order valence-corrected chi connectivity index (χ2v) is 6.10. The predicted octanol–water partition coefficient (Wildman–Crippen LogP) is 2.60. The Balaban J connectivity index is 1.56. The number of hydrogen-bond acceptors (Lipinski definition) is 6. The van der Waals surface area contributed by atoms with Crippen LogP contribution >= 0.6 is 11.6 Å². The fourth-order valence-corrected chi connectivity index (χ4v) is 2.80. The normalized spacial score (nSPS) is 10.8. The molecule has 0 fully saturated rings. The van der Waals surface area contributed by atoms with Gasteiger partial charge in [-0.05, 0) is 25.1 Å². The minimum Gasteiger partial charge on any atom is -0.320 e. The Morgan fingerprint density at radius 3 is 2.57 bits per heavy atom. The highest BCUT2D eigenvalue weighted by Crippen LogP contribution is 2.22. The van der Waals surface area contributed by atoms with Gasteiger partial charge in [0, 0.05) is 0 Å². The van der Waals surface area contributed by atoms with Crippen LogP contribution in [0.15, 0.2) is 49.2 Å². The molecule has 0 radical (unpaired) electrons. The fourth-order valence-electron chi connectivity index (χ4n) is 2.56. The summed E-state index contributed by atoms with van der Waals surface area (Å²) in [4.78, 5) is 21.7. The topological polar surface area (TPSA) is 103 Å². The molecule has 4 aromatic rings. The number of carbonyl (C=O) groups excluding carboxylic acids is 1. The number of rotatable bonds is 4. The maximum absolute atomic E-state index is 13.0. The van der Waals surface area contributed by atoms with Crippen LogP contribution in [0, 0.1) is 12.9 Å². The van der Waals surface area contributed by atoms with E-state index in [0.717, 1.165) is 0 Å². The Labute approximate surface area is 162 Å². The van der Waals surface area contributed by atoms with Crippen LogP contribution < -0.4 is 5.32 Å². The Morgan fingerprint density at radius 1 is 1.11 bits per heavy atom. The van der Waals surface area contributed by atoms with E-state index in [4.69, 9.17) is 11.6 Å². The largest absolute Gasteiger partial charge is 0.320 e. The van der Waals surface area contributed by atoms with Crippen molar-refractivity contribution < 1.29 is 9.18 Å². The zero-order valence-electron chi connectivity index (χ0n) is 14.4. The molecule has 140 valence electrons. The van der Waals surface area contributed by atoms with Crippen molar-refractivity contribution in [2.24, 2.45) is 0 Å². The summed E-state index contributed by atoms with van der Waals surface area (Å²) in [5.74, 6) is -0.635. The van der Waals surface area contributed by atoms with Gasteiger partial charge >= 0.3 is 0 Å². The third-order valence-electron chi connectivity index (χ3n) is 3.90. The summed E-state index contributed by atoms with van der Waals surface area (Å²) in [5.41, 5.74) is 1.86. The number of anilines is 1. The van der Waals surface area contributed by atoms with Gasteiger partial charge in [-0.15, -0.1) is 4.80 Å². The van der Waals surface area contributed by atoms with E-state index in [9.17, 15) is 9.18 Å². The Morgan fingerprint density at radius 2 is 1.89 bits per heavy atom. The van der Waals surface area contributed by atoms with Crippen LogP contribution in [0.5, 0.6) is 0 Å². The van der Waals surface area contributed by atoms with Crippen LogP contribution in [0.25, 0.3) is 11.5 Å². The average molecular weight is 399 g/mol. The maximum Gasteiger partial charge on any atom is 0.259 e. The first-order chi connectivity index (χ1) is 13.5. The lowest BCUT2D eigenvalue weighted by Gasteiger charge is -2.08. The number of hydrogen-bond donors (Lipinski definition) is 1. The van der Waals surface area contributed by atoms with Crippen LogP contribution in [0.3, 0.4) is 0 Å². The third-order valence-corrected chi connectivity index (χ3v) is 4.18. The first kappa shape index (κ1) is 17.7. The van der Waals surface area contributed by atoms with Crippen LogP contribution in [-0.2, 0) is 0 Å². The van der Waals surface area contributed by atoms with Crippen molar-refractivity contribution in [3.63, 3.8) is 0 Å². The van der Waals surface area contributed by atoms with Crippen LogP contribution in [0.4, 0.5) is 10.1 Å². The zero-order valence-corrected chi connectivity index (χ0v) is 15.2. The molecule has 11 heteroatoms. The summed E-state index contributed by atoms with van der Waals surface area (Å²) >= 11 is 6.21. The first-order valence-corrected chi connectivity index (χ1v) is 8.41. The lowest BCUT2D eigenvalue weighted by atomic mass is 10.2. The lowest BCUT2D eigenvalue weighted by Crippen LogP contribution is -2.14. The van der Waals surface area contributed by atoms with Crippen molar-refractivity contribution in [2.75, 3.05) is 5.32 Å². The monoisotopic (exact) mass is 398 g/mol. The van der Waals surface area contributed by atoms with Gasteiger partial charge in [0.05, 0.1) is 58.6 Å². The minimum atomic E-state index is -0.593. The molecule has 0 bridgehead atoms. The standard InChI is InChI=1S/C17H12ClFN8O/c1-10-13(9-24-26(10)12-2-3-15(19)20-8-12)17(28)25-11-6-14(18)16(21-7-11)27-22-4-5-23-27/h2-9H,1H3,(H,25,28). The maximum atomic E-state index is 13.0. The van der Waals surface area contributed by atoms with E-state index in [1.54, 1.807) is 13.0 Å². The number of nitrogens with one attached hydrogen (secondary N) is 1. The SMILES string of the molecule is Cc1c(C(=O)Nc2cnc(-n3nccn3)c(Cl)c2)cnn1-c1ccc(F)nc1. The average Bonchev–Trinajstić information content (AvgIpc) is 3.33. The van der Waals surface area contributed by atoms with Crippen molar-refractivity contribution >= 4 is 23.2 Å². The molecule has 0 aliphatic heterocycles. The molecule has 1 N–H and O–H groups in total. The highest BCUT2D eigenvalue weighted by molar-refractivity contribution is 6.32. The number of halogens is 2. The van der Waals surface area contributed by atoms with Crippen molar-refractivity contribution in [3.8, 4) is 11.5 Å². The van der Waals surface area contributed by atoms with Gasteiger partial charge in [0.25, 0.3) is 5.91 Å². The molecule has 0 aromatic carbocycles. The van der Waals surface area contributed by atoms with E-state index in [0.29, 0.717) is 28.5 Å². The van der Waals surface area contributed by atoms with Gasteiger partial charge in [-0.25, -0.2) is 14.6 Å². The molecule has 4 heterocycles. The van der Waals surface area contributed by atoms with Gasteiger partial charge < -0.3 is 5.32 Å². The summed E-state index contributed by atoms with van der Waals surface area (Å²) in [5, 5.41) is 15.1. The molecule has 0 atom stereocenters. The van der Waals surface area contributed by atoms with Crippen molar-refractivity contribution in [1.82, 2.24) is 34.7 Å². The summed E-state index contributed by atoms with van der Waals surface area (Å²) in [7, 11) is 0. The molecule has 28 heavy (non-hydrogen) atoms. The summed E-state index contributed by atoms with van der Waals surface area (Å²) < 4.78 is 14.5. The molecule has 4 rings (SSSR count). The van der Waals surface area contributed by atoms with E-state index in [-0.39, 0.29) is 10.9 Å². The molecule has 0 aliphatic rings. The van der Waals surface area contributed by atoms with Gasteiger partial charge in [0.1, 0.15) is 0 Å². The van der Waals surface area contributed by atoms with Gasteiger partial charge in [0.2, 0.25) is 5.95 Å². The number of carbonyl (C=O) groups is 1. The van der Waals surface area contributed by atoms with Crippen molar-refractivity contribution in [3.05, 3.63) is 71.4 Å². The molecule has 4 aromatic heterocycles. The van der Waals surface area contributed by atoms with E-state index >= 15 is 0 Å². The molecule has 0 spiro atoms. The molecule has 1 amide bonds. The smallest absolute Gasteiger partial charge is 0.259 e. The number of amides is 1. The van der Waals surface area contributed by atoms with Gasteiger partial charge in [-0.2, -0.15) is 19.7 Å². The van der Waals surface area contributed by atoms with Crippen molar-refractivity contribution in [1.29, 1.82) is 0 Å². The minimum absolute atomic E-state index is 0.277. The second kappa shape index (κ2) is 7.16. The van der Waals surface area contributed by atoms with E-state index < -0.39 is 5.95 Å². The predicted molar refractivity (Wildman–Crippen MR) is 98.2 cm³/mol. The highest BCUT2D eigenvalue weighted by Gasteiger charge is 2.17.